The lowest BCUT2D eigenvalue weighted by Crippen LogP contribution is -2.50. The van der Waals surface area contributed by atoms with Crippen LogP contribution in [-0.2, 0) is 4.79 Å². The SMILES string of the molecule is O=C(CSc1ccc2c(c1)OCCO2)C12CC3CC(CC(C3)C1)C2. The van der Waals surface area contributed by atoms with Crippen LogP contribution in [0.5, 0.6) is 11.5 Å². The van der Waals surface area contributed by atoms with Gasteiger partial charge in [-0.1, -0.05) is 0 Å². The molecule has 6 rings (SSSR count). The van der Waals surface area contributed by atoms with Gasteiger partial charge in [-0.3, -0.25) is 4.79 Å². The Labute approximate surface area is 147 Å². The number of carbonyl (C=O) groups excluding carboxylic acids is 1. The second-order valence-electron chi connectivity index (χ2n) is 8.22. The fourth-order valence-electron chi connectivity index (χ4n) is 5.87. The van der Waals surface area contributed by atoms with Crippen LogP contribution in [0.3, 0.4) is 0 Å². The molecule has 4 bridgehead atoms. The minimum Gasteiger partial charge on any atom is -0.486 e. The molecule has 1 aromatic carbocycles. The Bertz CT molecular complexity index is 634. The molecule has 0 radical (unpaired) electrons. The Hall–Kier alpha value is -1.16. The zero-order chi connectivity index (χ0) is 16.1. The molecule has 1 heterocycles. The molecule has 4 fully saturated rings. The number of ketones is 1. The summed E-state index contributed by atoms with van der Waals surface area (Å²) in [7, 11) is 0. The smallest absolute Gasteiger partial charge is 0.162 e. The molecule has 0 unspecified atom stereocenters. The van der Waals surface area contributed by atoms with E-state index in [1.54, 1.807) is 11.8 Å². The van der Waals surface area contributed by atoms with Crippen LogP contribution in [-0.4, -0.2) is 24.7 Å². The fourth-order valence-corrected chi connectivity index (χ4v) is 6.83. The summed E-state index contributed by atoms with van der Waals surface area (Å²) in [5, 5.41) is 0. The highest BCUT2D eigenvalue weighted by Gasteiger charge is 2.53. The summed E-state index contributed by atoms with van der Waals surface area (Å²) in [6, 6.07) is 6.03. The lowest BCUT2D eigenvalue weighted by molar-refractivity contribution is -0.141. The number of thioether (sulfide) groups is 1. The average Bonchev–Trinajstić information content (AvgIpc) is 2.58. The third-order valence-corrected chi connectivity index (χ3v) is 7.51. The van der Waals surface area contributed by atoms with Crippen molar-refractivity contribution in [2.45, 2.75) is 43.4 Å². The lowest BCUT2D eigenvalue weighted by atomic mass is 9.48. The van der Waals surface area contributed by atoms with E-state index in [-0.39, 0.29) is 5.41 Å². The van der Waals surface area contributed by atoms with Gasteiger partial charge in [-0.25, -0.2) is 0 Å². The van der Waals surface area contributed by atoms with Crippen LogP contribution < -0.4 is 9.47 Å². The summed E-state index contributed by atoms with van der Waals surface area (Å²) in [6.07, 6.45) is 7.67. The predicted octanol–water partition coefficient (Wildman–Crippen LogP) is 4.34. The highest BCUT2D eigenvalue weighted by molar-refractivity contribution is 8.00. The van der Waals surface area contributed by atoms with Crippen LogP contribution in [0.25, 0.3) is 0 Å². The van der Waals surface area contributed by atoms with Gasteiger partial charge in [0.15, 0.2) is 11.5 Å². The number of fused-ring (bicyclic) bond motifs is 1. The van der Waals surface area contributed by atoms with Crippen LogP contribution in [0.2, 0.25) is 0 Å². The first kappa shape index (κ1) is 15.1. The van der Waals surface area contributed by atoms with Crippen molar-refractivity contribution in [2.75, 3.05) is 19.0 Å². The second-order valence-corrected chi connectivity index (χ2v) is 9.26. The van der Waals surface area contributed by atoms with Crippen molar-refractivity contribution in [3.63, 3.8) is 0 Å². The van der Waals surface area contributed by atoms with E-state index in [2.05, 4.69) is 0 Å². The zero-order valence-corrected chi connectivity index (χ0v) is 14.8. The molecule has 5 aliphatic rings. The molecule has 0 saturated heterocycles. The summed E-state index contributed by atoms with van der Waals surface area (Å²) < 4.78 is 11.2. The van der Waals surface area contributed by atoms with Gasteiger partial charge < -0.3 is 9.47 Å². The maximum Gasteiger partial charge on any atom is 0.162 e. The number of benzene rings is 1. The van der Waals surface area contributed by atoms with Gasteiger partial charge in [0.05, 0.1) is 5.75 Å². The van der Waals surface area contributed by atoms with Crippen molar-refractivity contribution >= 4 is 17.5 Å². The summed E-state index contributed by atoms with van der Waals surface area (Å²) in [4.78, 5) is 14.2. The van der Waals surface area contributed by atoms with Gasteiger partial charge in [-0.15, -0.1) is 11.8 Å². The fraction of sp³-hybridized carbons (Fsp3) is 0.650. The molecule has 1 aliphatic heterocycles. The minimum absolute atomic E-state index is 0.0234. The minimum atomic E-state index is 0.0234. The largest absolute Gasteiger partial charge is 0.486 e. The summed E-state index contributed by atoms with van der Waals surface area (Å²) in [5.41, 5.74) is 0.0234. The Morgan fingerprint density at radius 2 is 1.62 bits per heavy atom. The van der Waals surface area contributed by atoms with Gasteiger partial charge in [-0.2, -0.15) is 0 Å². The Balaban J connectivity index is 1.28. The maximum absolute atomic E-state index is 13.1. The number of hydrogen-bond donors (Lipinski definition) is 0. The molecular weight excluding hydrogens is 320 g/mol. The number of rotatable bonds is 4. The van der Waals surface area contributed by atoms with Crippen molar-refractivity contribution in [2.24, 2.45) is 23.2 Å². The molecule has 24 heavy (non-hydrogen) atoms. The highest BCUT2D eigenvalue weighted by Crippen LogP contribution is 2.60. The van der Waals surface area contributed by atoms with Crippen LogP contribution in [0, 0.1) is 23.2 Å². The molecule has 4 heteroatoms. The number of ether oxygens (including phenoxy) is 2. The van der Waals surface area contributed by atoms with Gasteiger partial charge in [0, 0.05) is 10.3 Å². The number of carbonyl (C=O) groups is 1. The quantitative estimate of drug-likeness (QED) is 0.762. The molecule has 0 spiro atoms. The van der Waals surface area contributed by atoms with Gasteiger partial charge in [0.1, 0.15) is 19.0 Å². The third-order valence-electron chi connectivity index (χ3n) is 6.51. The first-order valence-corrected chi connectivity index (χ1v) is 10.2. The molecule has 0 aromatic heterocycles. The Morgan fingerprint density at radius 3 is 2.29 bits per heavy atom. The molecular formula is C20H24O3S. The number of Topliss-reactive ketones (excluding diaryl/α,β-unsaturated/α-hetero) is 1. The molecule has 4 aliphatic carbocycles. The van der Waals surface area contributed by atoms with E-state index >= 15 is 0 Å². The monoisotopic (exact) mass is 344 g/mol. The van der Waals surface area contributed by atoms with Crippen molar-refractivity contribution in [3.05, 3.63) is 18.2 Å². The van der Waals surface area contributed by atoms with E-state index in [1.807, 2.05) is 18.2 Å². The molecule has 0 atom stereocenters. The van der Waals surface area contributed by atoms with E-state index < -0.39 is 0 Å². The maximum atomic E-state index is 13.1. The van der Waals surface area contributed by atoms with Crippen LogP contribution in [0.4, 0.5) is 0 Å². The first-order chi connectivity index (χ1) is 11.7. The van der Waals surface area contributed by atoms with E-state index in [0.717, 1.165) is 34.1 Å². The van der Waals surface area contributed by atoms with Gasteiger partial charge in [0.25, 0.3) is 0 Å². The topological polar surface area (TPSA) is 35.5 Å². The summed E-state index contributed by atoms with van der Waals surface area (Å²) in [5.74, 6) is 5.23. The molecule has 0 N–H and O–H groups in total. The lowest BCUT2D eigenvalue weighted by Gasteiger charge is -2.56. The summed E-state index contributed by atoms with van der Waals surface area (Å²) >= 11 is 1.67. The predicted molar refractivity (Wildman–Crippen MR) is 93.8 cm³/mol. The Morgan fingerprint density at radius 1 is 1.00 bits per heavy atom. The summed E-state index contributed by atoms with van der Waals surface area (Å²) in [6.45, 7) is 1.22. The normalized spacial score (nSPS) is 35.9. The third kappa shape index (κ3) is 2.54. The van der Waals surface area contributed by atoms with Crippen LogP contribution in [0.15, 0.2) is 23.1 Å². The van der Waals surface area contributed by atoms with Gasteiger partial charge >= 0.3 is 0 Å². The first-order valence-electron chi connectivity index (χ1n) is 9.26. The van der Waals surface area contributed by atoms with Crippen molar-refractivity contribution < 1.29 is 14.3 Å². The average molecular weight is 344 g/mol. The van der Waals surface area contributed by atoms with E-state index in [4.69, 9.17) is 9.47 Å². The second kappa shape index (κ2) is 5.69. The van der Waals surface area contributed by atoms with Crippen LogP contribution >= 0.6 is 11.8 Å². The Kier molecular flexibility index (Phi) is 3.58. The van der Waals surface area contributed by atoms with Crippen molar-refractivity contribution in [3.8, 4) is 11.5 Å². The van der Waals surface area contributed by atoms with Gasteiger partial charge in [0.2, 0.25) is 0 Å². The van der Waals surface area contributed by atoms with E-state index in [9.17, 15) is 4.79 Å². The van der Waals surface area contributed by atoms with E-state index in [0.29, 0.717) is 24.7 Å². The molecule has 4 saturated carbocycles. The molecule has 0 amide bonds. The highest BCUT2D eigenvalue weighted by atomic mass is 32.2. The van der Waals surface area contributed by atoms with Crippen molar-refractivity contribution in [1.29, 1.82) is 0 Å². The van der Waals surface area contributed by atoms with Crippen molar-refractivity contribution in [1.82, 2.24) is 0 Å². The number of hydrogen-bond acceptors (Lipinski definition) is 4. The zero-order valence-electron chi connectivity index (χ0n) is 14.0. The molecule has 1 aromatic rings. The molecule has 128 valence electrons. The van der Waals surface area contributed by atoms with E-state index in [1.165, 1.54) is 38.5 Å². The van der Waals surface area contributed by atoms with Crippen LogP contribution in [0.1, 0.15) is 38.5 Å². The van der Waals surface area contributed by atoms with Gasteiger partial charge in [-0.05, 0) is 74.5 Å². The standard InChI is InChI=1S/C20H24O3S/c21-19(20-9-13-5-14(10-20)7-15(6-13)11-20)12-24-16-1-2-17-18(8-16)23-4-3-22-17/h1-2,8,13-15H,3-7,9-12H2. The molecule has 3 nitrogen and oxygen atoms in total.